The number of thiazole rings is 1. The van der Waals surface area contributed by atoms with Crippen LogP contribution in [-0.2, 0) is 19.2 Å². The van der Waals surface area contributed by atoms with Crippen LogP contribution in [0.2, 0.25) is 0 Å². The van der Waals surface area contributed by atoms with Crippen molar-refractivity contribution in [3.63, 3.8) is 0 Å². The third-order valence-corrected chi connectivity index (χ3v) is 5.57. The fourth-order valence-electron chi connectivity index (χ4n) is 2.21. The van der Waals surface area contributed by atoms with Crippen LogP contribution in [0.3, 0.4) is 0 Å². The van der Waals surface area contributed by atoms with Gasteiger partial charge in [-0.25, -0.2) is 4.98 Å². The molecule has 2 aliphatic heterocycles. The Kier molecular flexibility index (Phi) is 6.71. The Labute approximate surface area is 177 Å². The van der Waals surface area contributed by atoms with Crippen molar-refractivity contribution >= 4 is 63.5 Å². The molecule has 0 saturated carbocycles. The predicted molar refractivity (Wildman–Crippen MR) is 106 cm³/mol. The summed E-state index contributed by atoms with van der Waals surface area (Å²) in [5.74, 6) is -1.65. The molecule has 1 saturated heterocycles. The number of β-lactam (4-membered cyclic amide) rings is 1. The lowest BCUT2D eigenvalue weighted by atomic mass is 10.1. The molecule has 29 heavy (non-hydrogen) atoms. The number of nitrogens with zero attached hydrogens (tertiary/aromatic N) is 6. The number of rotatable bonds is 8. The molecular formula is C13H16ClN9O4S2. The standard InChI is InChI=1S/C13H16ClN9O4S2/c1-22-5-23(21-20-22)29-12-9(11(26)18-12)17-10(25)8(19-27-2)6-4-28-13(15-6)16-7(24)3-14/h4,9,12H,3,5H2,1-2H3,(H,17,25)(H,18,26)(H,15,16,24)/t9-,12-/m1/s1. The van der Waals surface area contributed by atoms with Crippen LogP contribution in [0.5, 0.6) is 0 Å². The van der Waals surface area contributed by atoms with E-state index in [2.05, 4.69) is 36.5 Å². The van der Waals surface area contributed by atoms with Gasteiger partial charge in [0, 0.05) is 24.4 Å². The molecule has 0 aliphatic carbocycles. The fourth-order valence-corrected chi connectivity index (χ4v) is 4.04. The molecule has 0 bridgehead atoms. The second kappa shape index (κ2) is 9.23. The molecule has 3 heterocycles. The average molecular weight is 462 g/mol. The molecule has 2 atom stereocenters. The zero-order chi connectivity index (χ0) is 21.0. The van der Waals surface area contributed by atoms with Crippen molar-refractivity contribution in [3.05, 3.63) is 11.1 Å². The summed E-state index contributed by atoms with van der Waals surface area (Å²) in [6.07, 6.45) is 0. The third-order valence-electron chi connectivity index (χ3n) is 3.52. The highest BCUT2D eigenvalue weighted by molar-refractivity contribution is 7.97. The van der Waals surface area contributed by atoms with E-state index in [9.17, 15) is 14.4 Å². The van der Waals surface area contributed by atoms with Gasteiger partial charge < -0.3 is 20.8 Å². The summed E-state index contributed by atoms with van der Waals surface area (Å²) in [6.45, 7) is 0.448. The van der Waals surface area contributed by atoms with Crippen LogP contribution >= 0.6 is 34.9 Å². The normalized spacial score (nSPS) is 20.9. The van der Waals surface area contributed by atoms with Crippen LogP contribution in [-0.4, -0.2) is 76.0 Å². The zero-order valence-electron chi connectivity index (χ0n) is 15.2. The number of hydrogen-bond acceptors (Lipinski definition) is 12. The number of anilines is 1. The van der Waals surface area contributed by atoms with E-state index >= 15 is 0 Å². The first kappa shape index (κ1) is 21.1. The van der Waals surface area contributed by atoms with E-state index in [0.29, 0.717) is 6.67 Å². The summed E-state index contributed by atoms with van der Waals surface area (Å²) < 4.78 is 1.58. The summed E-state index contributed by atoms with van der Waals surface area (Å²) in [6, 6.07) is -0.801. The highest BCUT2D eigenvalue weighted by Crippen LogP contribution is 2.27. The van der Waals surface area contributed by atoms with Crippen molar-refractivity contribution < 1.29 is 19.2 Å². The second-order valence-corrected chi connectivity index (χ2v) is 7.92. The number of alkyl halides is 1. The summed E-state index contributed by atoms with van der Waals surface area (Å²) >= 11 is 7.76. The quantitative estimate of drug-likeness (QED) is 0.157. The molecule has 3 amide bonds. The van der Waals surface area contributed by atoms with Crippen molar-refractivity contribution in [2.24, 2.45) is 15.6 Å². The maximum atomic E-state index is 12.7. The Morgan fingerprint density at radius 3 is 2.93 bits per heavy atom. The Morgan fingerprint density at radius 1 is 1.52 bits per heavy atom. The van der Waals surface area contributed by atoms with Crippen LogP contribution in [0, 0.1) is 0 Å². The lowest BCUT2D eigenvalue weighted by Gasteiger charge is -2.37. The average Bonchev–Trinajstić information content (AvgIpc) is 3.32. The number of oxime groups is 1. The number of hydrogen-bond donors (Lipinski definition) is 3. The first-order valence-corrected chi connectivity index (χ1v) is 10.3. The van der Waals surface area contributed by atoms with E-state index in [1.165, 1.54) is 24.4 Å². The van der Waals surface area contributed by atoms with Gasteiger partial charge in [0.05, 0.1) is 0 Å². The SMILES string of the molecule is CON=C(C(=O)N[C@@H]1C(=O)N[C@@H]1SN1CN(C)N=N1)c1csc(NC(=O)CCl)n1. The van der Waals surface area contributed by atoms with Crippen LogP contribution in [0.15, 0.2) is 21.0 Å². The number of aromatic nitrogens is 1. The second-order valence-electron chi connectivity index (χ2n) is 5.66. The number of carbonyl (C=O) groups is 3. The molecular weight excluding hydrogens is 446 g/mol. The molecule has 13 nitrogen and oxygen atoms in total. The molecule has 156 valence electrons. The first-order chi connectivity index (χ1) is 13.9. The van der Waals surface area contributed by atoms with E-state index in [1.807, 2.05) is 0 Å². The van der Waals surface area contributed by atoms with E-state index in [4.69, 9.17) is 16.4 Å². The molecule has 0 aromatic carbocycles. The van der Waals surface area contributed by atoms with Gasteiger partial charge in [0.1, 0.15) is 36.8 Å². The van der Waals surface area contributed by atoms with Gasteiger partial charge in [-0.1, -0.05) is 10.4 Å². The monoisotopic (exact) mass is 461 g/mol. The van der Waals surface area contributed by atoms with Crippen molar-refractivity contribution in [3.8, 4) is 0 Å². The molecule has 3 rings (SSSR count). The maximum Gasteiger partial charge on any atom is 0.276 e. The molecule has 1 fully saturated rings. The highest BCUT2D eigenvalue weighted by Gasteiger charge is 2.43. The lowest BCUT2D eigenvalue weighted by Crippen LogP contribution is -2.68. The molecule has 2 aliphatic rings. The Hall–Kier alpha value is -2.65. The highest BCUT2D eigenvalue weighted by atomic mass is 35.5. The van der Waals surface area contributed by atoms with Crippen LogP contribution in [0.1, 0.15) is 5.69 Å². The van der Waals surface area contributed by atoms with E-state index in [-0.39, 0.29) is 28.3 Å². The molecule has 3 N–H and O–H groups in total. The topological polar surface area (TPSA) is 153 Å². The zero-order valence-corrected chi connectivity index (χ0v) is 17.5. The van der Waals surface area contributed by atoms with E-state index < -0.39 is 23.2 Å². The Bertz CT molecular complexity index is 863. The summed E-state index contributed by atoms with van der Waals surface area (Å²) in [7, 11) is 3.03. The lowest BCUT2D eigenvalue weighted by molar-refractivity contribution is -0.132. The van der Waals surface area contributed by atoms with Gasteiger partial charge >= 0.3 is 0 Å². The van der Waals surface area contributed by atoms with Crippen LogP contribution < -0.4 is 16.0 Å². The van der Waals surface area contributed by atoms with Gasteiger partial charge in [0.2, 0.25) is 11.8 Å². The maximum absolute atomic E-state index is 12.7. The number of amides is 3. The van der Waals surface area contributed by atoms with Gasteiger partial charge in [0.25, 0.3) is 5.91 Å². The van der Waals surface area contributed by atoms with Crippen molar-refractivity contribution in [2.45, 2.75) is 11.4 Å². The van der Waals surface area contributed by atoms with Gasteiger partial charge in [-0.15, -0.1) is 22.9 Å². The fraction of sp³-hybridized carbons (Fsp3) is 0.462. The van der Waals surface area contributed by atoms with E-state index in [0.717, 1.165) is 11.3 Å². The van der Waals surface area contributed by atoms with E-state index in [1.54, 1.807) is 16.5 Å². The van der Waals surface area contributed by atoms with Gasteiger partial charge in [-0.3, -0.25) is 19.4 Å². The molecule has 0 unspecified atom stereocenters. The molecule has 0 spiro atoms. The summed E-state index contributed by atoms with van der Waals surface area (Å²) in [5, 5.41) is 22.2. The van der Waals surface area contributed by atoms with Gasteiger partial charge in [-0.05, 0) is 5.22 Å². The van der Waals surface area contributed by atoms with Gasteiger partial charge in [-0.2, -0.15) is 4.41 Å². The van der Waals surface area contributed by atoms with Crippen LogP contribution in [0.4, 0.5) is 5.13 Å². The summed E-state index contributed by atoms with van der Waals surface area (Å²) in [5.41, 5.74) is 0.0392. The predicted octanol–water partition coefficient (Wildman–Crippen LogP) is -0.253. The Balaban J connectivity index is 1.65. The van der Waals surface area contributed by atoms with Crippen molar-refractivity contribution in [2.75, 3.05) is 32.0 Å². The smallest absolute Gasteiger partial charge is 0.276 e. The minimum atomic E-state index is -0.801. The number of halogens is 1. The van der Waals surface area contributed by atoms with Gasteiger partial charge in [0.15, 0.2) is 10.8 Å². The van der Waals surface area contributed by atoms with Crippen LogP contribution in [0.25, 0.3) is 0 Å². The van der Waals surface area contributed by atoms with Crippen molar-refractivity contribution in [1.82, 2.24) is 25.0 Å². The molecule has 16 heteroatoms. The molecule has 1 aromatic rings. The minimum absolute atomic E-state index is 0.140. The first-order valence-electron chi connectivity index (χ1n) is 8.02. The number of carbonyl (C=O) groups excluding carboxylic acids is 3. The summed E-state index contributed by atoms with van der Waals surface area (Å²) in [4.78, 5) is 44.8. The largest absolute Gasteiger partial charge is 0.398 e. The Morgan fingerprint density at radius 2 is 2.31 bits per heavy atom. The van der Waals surface area contributed by atoms with Crippen molar-refractivity contribution in [1.29, 1.82) is 0 Å². The number of nitrogens with one attached hydrogen (secondary N) is 3. The molecule has 0 radical (unpaired) electrons. The molecule has 1 aromatic heterocycles. The third kappa shape index (κ3) is 5.04. The minimum Gasteiger partial charge on any atom is -0.398 e.